The van der Waals surface area contributed by atoms with Crippen LogP contribution >= 0.6 is 24.0 Å². The summed E-state index contributed by atoms with van der Waals surface area (Å²) in [5.41, 5.74) is 5.80. The molecule has 8 heteroatoms. The maximum absolute atomic E-state index is 11.4. The summed E-state index contributed by atoms with van der Waals surface area (Å²) in [7, 11) is -3.04. The molecule has 0 aromatic heterocycles. The Hall–Kier alpha value is -0.0900. The normalized spacial score (nSPS) is 20.2. The Bertz CT molecular complexity index is 406. The second kappa shape index (κ2) is 9.04. The van der Waals surface area contributed by atoms with Gasteiger partial charge in [0.15, 0.2) is 5.96 Å². The van der Waals surface area contributed by atoms with Crippen molar-refractivity contribution in [3.63, 3.8) is 0 Å². The molecule has 1 rings (SSSR count). The molecule has 3 N–H and O–H groups in total. The summed E-state index contributed by atoms with van der Waals surface area (Å²) in [5.74, 6) is 0.912. The Morgan fingerprint density at radius 3 is 2.45 bits per heavy atom. The SMILES string of the molecule is CCC(C)NC(N)=NCC1CCN(S(C)(=O)=O)CC1.I. The van der Waals surface area contributed by atoms with Crippen LogP contribution in [0.3, 0.4) is 0 Å². The molecular formula is C12H27IN4O2S. The topological polar surface area (TPSA) is 87.8 Å². The summed E-state index contributed by atoms with van der Waals surface area (Å²) >= 11 is 0. The van der Waals surface area contributed by atoms with Gasteiger partial charge in [-0.25, -0.2) is 12.7 Å². The van der Waals surface area contributed by atoms with Crippen molar-refractivity contribution in [2.45, 2.75) is 39.2 Å². The maximum Gasteiger partial charge on any atom is 0.211 e. The summed E-state index contributed by atoms with van der Waals surface area (Å²) in [6.07, 6.45) is 3.98. The molecule has 0 aromatic carbocycles. The number of nitrogens with zero attached hydrogens (tertiary/aromatic N) is 2. The monoisotopic (exact) mass is 418 g/mol. The van der Waals surface area contributed by atoms with Gasteiger partial charge in [0.1, 0.15) is 0 Å². The van der Waals surface area contributed by atoms with E-state index in [-0.39, 0.29) is 24.0 Å². The lowest BCUT2D eigenvalue weighted by Gasteiger charge is -2.29. The average molecular weight is 418 g/mol. The third kappa shape index (κ3) is 7.07. The number of sulfonamides is 1. The standard InChI is InChI=1S/C12H26N4O2S.HI/c1-4-10(2)15-12(13)14-9-11-5-7-16(8-6-11)19(3,17)18;/h10-11H,4-9H2,1-3H3,(H3,13,14,15);1H. The van der Waals surface area contributed by atoms with Gasteiger partial charge in [0.2, 0.25) is 10.0 Å². The molecule has 1 saturated heterocycles. The minimum atomic E-state index is -3.04. The van der Waals surface area contributed by atoms with Crippen molar-refractivity contribution < 1.29 is 8.42 Å². The molecule has 120 valence electrons. The summed E-state index contributed by atoms with van der Waals surface area (Å²) in [4.78, 5) is 4.34. The number of nitrogens with one attached hydrogen (secondary N) is 1. The fourth-order valence-electron chi connectivity index (χ4n) is 2.05. The van der Waals surface area contributed by atoms with Crippen LogP contribution in [-0.2, 0) is 10.0 Å². The van der Waals surface area contributed by atoms with Crippen LogP contribution in [0, 0.1) is 5.92 Å². The number of hydrogen-bond donors (Lipinski definition) is 2. The van der Waals surface area contributed by atoms with Crippen LogP contribution in [-0.4, -0.2) is 50.6 Å². The average Bonchev–Trinajstić information content (AvgIpc) is 2.35. The molecule has 1 aliphatic rings. The van der Waals surface area contributed by atoms with E-state index in [2.05, 4.69) is 24.2 Å². The Morgan fingerprint density at radius 2 is 2.00 bits per heavy atom. The molecule has 20 heavy (non-hydrogen) atoms. The first-order chi connectivity index (χ1) is 8.82. The highest BCUT2D eigenvalue weighted by atomic mass is 127. The van der Waals surface area contributed by atoms with E-state index in [1.807, 2.05) is 0 Å². The van der Waals surface area contributed by atoms with E-state index in [9.17, 15) is 8.42 Å². The van der Waals surface area contributed by atoms with Crippen LogP contribution in [0.1, 0.15) is 33.1 Å². The van der Waals surface area contributed by atoms with Gasteiger partial charge in [-0.2, -0.15) is 0 Å². The molecule has 1 heterocycles. The van der Waals surface area contributed by atoms with Gasteiger partial charge in [0, 0.05) is 25.7 Å². The predicted octanol–water partition coefficient (Wildman–Crippen LogP) is 0.979. The number of piperidine rings is 1. The fraction of sp³-hybridized carbons (Fsp3) is 0.917. The van der Waals surface area contributed by atoms with Crippen molar-refractivity contribution >= 4 is 40.0 Å². The van der Waals surface area contributed by atoms with Crippen molar-refractivity contribution in [3.8, 4) is 0 Å². The van der Waals surface area contributed by atoms with Gasteiger partial charge in [0.05, 0.1) is 6.26 Å². The van der Waals surface area contributed by atoms with Crippen LogP contribution in [0.15, 0.2) is 4.99 Å². The zero-order valence-electron chi connectivity index (χ0n) is 12.5. The van der Waals surface area contributed by atoms with Crippen LogP contribution in [0.5, 0.6) is 0 Å². The van der Waals surface area contributed by atoms with Crippen molar-refractivity contribution in [1.29, 1.82) is 0 Å². The maximum atomic E-state index is 11.4. The summed E-state index contributed by atoms with van der Waals surface area (Å²) in [6.45, 7) is 6.02. The predicted molar refractivity (Wildman–Crippen MR) is 93.9 cm³/mol. The van der Waals surface area contributed by atoms with Gasteiger partial charge < -0.3 is 11.1 Å². The minimum absolute atomic E-state index is 0. The quantitative estimate of drug-likeness (QED) is 0.396. The molecule has 6 nitrogen and oxygen atoms in total. The van der Waals surface area contributed by atoms with Crippen LogP contribution in [0.4, 0.5) is 0 Å². The van der Waals surface area contributed by atoms with Crippen LogP contribution in [0.25, 0.3) is 0 Å². The fourth-order valence-corrected chi connectivity index (χ4v) is 2.93. The van der Waals surface area contributed by atoms with Gasteiger partial charge >= 0.3 is 0 Å². The molecule has 0 aromatic rings. The van der Waals surface area contributed by atoms with E-state index < -0.39 is 10.0 Å². The molecule has 0 aliphatic carbocycles. The molecule has 1 atom stereocenters. The Balaban J connectivity index is 0.00000361. The van der Waals surface area contributed by atoms with E-state index in [1.165, 1.54) is 10.6 Å². The third-order valence-electron chi connectivity index (χ3n) is 3.57. The van der Waals surface area contributed by atoms with Crippen molar-refractivity contribution in [2.75, 3.05) is 25.9 Å². The lowest BCUT2D eigenvalue weighted by molar-refractivity contribution is 0.280. The highest BCUT2D eigenvalue weighted by Crippen LogP contribution is 2.19. The summed E-state index contributed by atoms with van der Waals surface area (Å²) < 4.78 is 24.3. The molecular weight excluding hydrogens is 391 g/mol. The third-order valence-corrected chi connectivity index (χ3v) is 4.87. The van der Waals surface area contributed by atoms with E-state index >= 15 is 0 Å². The van der Waals surface area contributed by atoms with Crippen molar-refractivity contribution in [1.82, 2.24) is 9.62 Å². The zero-order chi connectivity index (χ0) is 14.5. The van der Waals surface area contributed by atoms with E-state index in [4.69, 9.17) is 5.73 Å². The van der Waals surface area contributed by atoms with Crippen molar-refractivity contribution in [2.24, 2.45) is 16.6 Å². The largest absolute Gasteiger partial charge is 0.370 e. The molecule has 1 fully saturated rings. The molecule has 0 amide bonds. The van der Waals surface area contributed by atoms with Gasteiger partial charge in [-0.3, -0.25) is 4.99 Å². The summed E-state index contributed by atoms with van der Waals surface area (Å²) in [5, 5.41) is 3.12. The minimum Gasteiger partial charge on any atom is -0.370 e. The second-order valence-corrected chi connectivity index (χ2v) is 7.27. The second-order valence-electron chi connectivity index (χ2n) is 5.28. The molecule has 0 radical (unpaired) electrons. The molecule has 0 saturated carbocycles. The first-order valence-electron chi connectivity index (χ1n) is 6.84. The number of hydrogen-bond acceptors (Lipinski definition) is 3. The van der Waals surface area contributed by atoms with E-state index in [0.717, 1.165) is 19.3 Å². The smallest absolute Gasteiger partial charge is 0.211 e. The first-order valence-corrected chi connectivity index (χ1v) is 8.69. The lowest BCUT2D eigenvalue weighted by atomic mass is 9.98. The van der Waals surface area contributed by atoms with Crippen LogP contribution in [0.2, 0.25) is 0 Å². The number of nitrogens with two attached hydrogens (primary N) is 1. The Kier molecular flexibility index (Phi) is 8.99. The van der Waals surface area contributed by atoms with E-state index in [0.29, 0.717) is 37.6 Å². The van der Waals surface area contributed by atoms with Crippen molar-refractivity contribution in [3.05, 3.63) is 0 Å². The molecule has 0 bridgehead atoms. The Morgan fingerprint density at radius 1 is 1.45 bits per heavy atom. The molecule has 1 unspecified atom stereocenters. The number of guanidine groups is 1. The van der Waals surface area contributed by atoms with Gasteiger partial charge in [-0.05, 0) is 32.1 Å². The number of halogens is 1. The van der Waals surface area contributed by atoms with Gasteiger partial charge in [-0.15, -0.1) is 24.0 Å². The number of rotatable bonds is 5. The van der Waals surface area contributed by atoms with Crippen LogP contribution < -0.4 is 11.1 Å². The summed E-state index contributed by atoms with van der Waals surface area (Å²) in [6, 6.07) is 0.329. The number of aliphatic imine (C=N–C) groups is 1. The highest BCUT2D eigenvalue weighted by Gasteiger charge is 2.24. The van der Waals surface area contributed by atoms with Gasteiger partial charge in [-0.1, -0.05) is 6.92 Å². The van der Waals surface area contributed by atoms with Gasteiger partial charge in [0.25, 0.3) is 0 Å². The molecule has 0 spiro atoms. The highest BCUT2D eigenvalue weighted by molar-refractivity contribution is 14.0. The zero-order valence-corrected chi connectivity index (χ0v) is 15.6. The first kappa shape index (κ1) is 19.9. The lowest BCUT2D eigenvalue weighted by Crippen LogP contribution is -2.40. The Labute approximate surface area is 139 Å². The van der Waals surface area contributed by atoms with E-state index in [1.54, 1.807) is 0 Å². The molecule has 1 aliphatic heterocycles.